The van der Waals surface area contributed by atoms with E-state index in [1.807, 2.05) is 67.6 Å². The third kappa shape index (κ3) is 5.18. The maximum Gasteiger partial charge on any atom is 0.261 e. The largest absolute Gasteiger partial charge is 0.378 e. The lowest BCUT2D eigenvalue weighted by Gasteiger charge is -2.28. The minimum Gasteiger partial charge on any atom is -0.378 e. The molecule has 3 aromatic rings. The zero-order chi connectivity index (χ0) is 22.3. The zero-order valence-corrected chi connectivity index (χ0v) is 18.9. The molecule has 0 aliphatic carbocycles. The summed E-state index contributed by atoms with van der Waals surface area (Å²) in [7, 11) is 0. The third-order valence-corrected chi connectivity index (χ3v) is 6.60. The van der Waals surface area contributed by atoms with Crippen molar-refractivity contribution < 1.29 is 14.3 Å². The Morgan fingerprint density at radius 2 is 1.75 bits per heavy atom. The summed E-state index contributed by atoms with van der Waals surface area (Å²) in [5.74, 6) is -0.488. The molecule has 0 atom stereocenters. The van der Waals surface area contributed by atoms with E-state index in [9.17, 15) is 9.59 Å². The molecule has 0 unspecified atom stereocenters. The number of para-hydroxylation sites is 1. The van der Waals surface area contributed by atoms with Gasteiger partial charge in [-0.1, -0.05) is 55.5 Å². The number of carbonyl (C=O) groups is 2. The van der Waals surface area contributed by atoms with Gasteiger partial charge in [0.05, 0.1) is 29.6 Å². The first-order valence-electron chi connectivity index (χ1n) is 10.8. The van der Waals surface area contributed by atoms with E-state index >= 15 is 0 Å². The first-order valence-corrected chi connectivity index (χ1v) is 11.6. The van der Waals surface area contributed by atoms with Crippen LogP contribution in [0.5, 0.6) is 0 Å². The van der Waals surface area contributed by atoms with Gasteiger partial charge in [0.25, 0.3) is 5.91 Å². The normalized spacial score (nSPS) is 13.6. The van der Waals surface area contributed by atoms with Gasteiger partial charge in [-0.25, -0.2) is 0 Å². The molecule has 166 valence electrons. The van der Waals surface area contributed by atoms with E-state index in [0.717, 1.165) is 46.9 Å². The Labute approximate surface area is 192 Å². The number of ether oxygens (including phenoxy) is 1. The van der Waals surface area contributed by atoms with Gasteiger partial charge < -0.3 is 20.3 Å². The van der Waals surface area contributed by atoms with Crippen LogP contribution >= 0.6 is 11.3 Å². The minimum atomic E-state index is -0.245. The molecule has 0 saturated carbocycles. The molecule has 1 saturated heterocycles. The molecule has 7 heteroatoms. The van der Waals surface area contributed by atoms with Crippen molar-refractivity contribution in [3.8, 4) is 11.1 Å². The van der Waals surface area contributed by atoms with E-state index in [1.54, 1.807) is 0 Å². The number of rotatable bonds is 7. The smallest absolute Gasteiger partial charge is 0.261 e. The van der Waals surface area contributed by atoms with Crippen molar-refractivity contribution in [1.29, 1.82) is 0 Å². The number of hydrogen-bond donors (Lipinski definition) is 2. The Balaban J connectivity index is 1.47. The van der Waals surface area contributed by atoms with Crippen LogP contribution in [0.25, 0.3) is 11.1 Å². The molecule has 1 aliphatic rings. The van der Waals surface area contributed by atoms with Crippen LogP contribution in [0.4, 0.5) is 10.7 Å². The Morgan fingerprint density at radius 3 is 2.50 bits per heavy atom. The van der Waals surface area contributed by atoms with Gasteiger partial charge in [0.15, 0.2) is 0 Å². The number of nitrogens with one attached hydrogen (secondary N) is 2. The second-order valence-corrected chi connectivity index (χ2v) is 8.57. The van der Waals surface area contributed by atoms with Crippen molar-refractivity contribution in [3.63, 3.8) is 0 Å². The molecule has 2 amide bonds. The summed E-state index contributed by atoms with van der Waals surface area (Å²) in [5.41, 5.74) is 3.95. The van der Waals surface area contributed by atoms with Crippen LogP contribution in [-0.2, 0) is 16.0 Å². The van der Waals surface area contributed by atoms with Crippen molar-refractivity contribution in [3.05, 3.63) is 71.1 Å². The van der Waals surface area contributed by atoms with Crippen molar-refractivity contribution >= 4 is 33.8 Å². The van der Waals surface area contributed by atoms with E-state index in [2.05, 4.69) is 15.5 Å². The van der Waals surface area contributed by atoms with Gasteiger partial charge in [-0.05, 0) is 29.7 Å². The average Bonchev–Trinajstić information content (AvgIpc) is 3.30. The van der Waals surface area contributed by atoms with Crippen molar-refractivity contribution in [2.45, 2.75) is 13.3 Å². The number of hydrogen-bond acceptors (Lipinski definition) is 5. The summed E-state index contributed by atoms with van der Waals surface area (Å²) >= 11 is 1.46. The molecular formula is C25H27N3O3S. The minimum absolute atomic E-state index is 0.0810. The number of nitrogens with zero attached hydrogens (tertiary/aromatic N) is 1. The van der Waals surface area contributed by atoms with Gasteiger partial charge in [-0.15, -0.1) is 11.3 Å². The molecular weight excluding hydrogens is 422 g/mol. The molecule has 1 aromatic heterocycles. The summed E-state index contributed by atoms with van der Waals surface area (Å²) in [6.45, 7) is 4.89. The lowest BCUT2D eigenvalue weighted by Crippen LogP contribution is -2.36. The first-order chi connectivity index (χ1) is 15.7. The second kappa shape index (κ2) is 10.4. The van der Waals surface area contributed by atoms with Gasteiger partial charge in [-0.3, -0.25) is 9.59 Å². The molecule has 0 bridgehead atoms. The number of anilines is 2. The fraction of sp³-hybridized carbons (Fsp3) is 0.280. The maximum absolute atomic E-state index is 12.9. The van der Waals surface area contributed by atoms with E-state index in [-0.39, 0.29) is 18.4 Å². The van der Waals surface area contributed by atoms with E-state index in [1.165, 1.54) is 11.3 Å². The Hall–Kier alpha value is -3.16. The predicted octanol–water partition coefficient (Wildman–Crippen LogP) is 4.18. The summed E-state index contributed by atoms with van der Waals surface area (Å²) in [5, 5.41) is 6.72. The van der Waals surface area contributed by atoms with Crippen LogP contribution in [0.15, 0.2) is 60.7 Å². The van der Waals surface area contributed by atoms with Gasteiger partial charge in [0.2, 0.25) is 5.91 Å². The van der Waals surface area contributed by atoms with E-state index in [4.69, 9.17) is 4.74 Å². The summed E-state index contributed by atoms with van der Waals surface area (Å²) in [4.78, 5) is 28.1. The van der Waals surface area contributed by atoms with Crippen molar-refractivity contribution in [2.24, 2.45) is 0 Å². The van der Waals surface area contributed by atoms with E-state index in [0.29, 0.717) is 18.1 Å². The Kier molecular flexibility index (Phi) is 7.19. The number of carbonyl (C=O) groups excluding carboxylic acids is 2. The average molecular weight is 450 g/mol. The number of amides is 2. The van der Waals surface area contributed by atoms with E-state index < -0.39 is 0 Å². The number of benzene rings is 2. The van der Waals surface area contributed by atoms with Crippen LogP contribution < -0.4 is 15.5 Å². The summed E-state index contributed by atoms with van der Waals surface area (Å²) < 4.78 is 5.49. The molecule has 1 fully saturated rings. The molecule has 1 aliphatic heterocycles. The van der Waals surface area contributed by atoms with Gasteiger partial charge >= 0.3 is 0 Å². The van der Waals surface area contributed by atoms with Crippen molar-refractivity contribution in [1.82, 2.24) is 5.32 Å². The summed E-state index contributed by atoms with van der Waals surface area (Å²) in [6, 6.07) is 19.7. The van der Waals surface area contributed by atoms with Gasteiger partial charge in [0.1, 0.15) is 0 Å². The summed E-state index contributed by atoms with van der Waals surface area (Å²) in [6.07, 6.45) is 0.824. The second-order valence-electron chi connectivity index (χ2n) is 7.54. The fourth-order valence-corrected chi connectivity index (χ4v) is 4.86. The Bertz CT molecular complexity index is 1080. The van der Waals surface area contributed by atoms with Crippen LogP contribution in [0.2, 0.25) is 0 Å². The van der Waals surface area contributed by atoms with Crippen LogP contribution in [-0.4, -0.2) is 44.7 Å². The zero-order valence-electron chi connectivity index (χ0n) is 18.1. The van der Waals surface area contributed by atoms with Gasteiger partial charge in [-0.2, -0.15) is 0 Å². The predicted molar refractivity (Wildman–Crippen MR) is 130 cm³/mol. The topological polar surface area (TPSA) is 70.7 Å². The number of aryl methyl sites for hydroxylation is 1. The van der Waals surface area contributed by atoms with Crippen LogP contribution in [0.3, 0.4) is 0 Å². The number of thiophene rings is 1. The standard InChI is InChI=1S/C25H27N3O3S/c1-2-18-8-6-7-11-21(18)27-23(29)17-26-24(30)22-16-20(19-9-4-3-5-10-19)25(32-22)28-12-14-31-15-13-28/h3-11,16H,2,12-15,17H2,1H3,(H,26,30)(H,27,29). The molecule has 2 heterocycles. The highest BCUT2D eigenvalue weighted by Gasteiger charge is 2.22. The highest BCUT2D eigenvalue weighted by atomic mass is 32.1. The molecule has 2 N–H and O–H groups in total. The van der Waals surface area contributed by atoms with Gasteiger partial charge in [0, 0.05) is 24.3 Å². The monoisotopic (exact) mass is 449 g/mol. The molecule has 0 spiro atoms. The lowest BCUT2D eigenvalue weighted by molar-refractivity contribution is -0.115. The Morgan fingerprint density at radius 1 is 1.03 bits per heavy atom. The number of morpholine rings is 1. The fourth-order valence-electron chi connectivity index (χ4n) is 3.71. The molecule has 32 heavy (non-hydrogen) atoms. The maximum atomic E-state index is 12.9. The van der Waals surface area contributed by atoms with Crippen LogP contribution in [0, 0.1) is 0 Å². The highest BCUT2D eigenvalue weighted by Crippen LogP contribution is 2.39. The lowest BCUT2D eigenvalue weighted by atomic mass is 10.1. The quantitative estimate of drug-likeness (QED) is 0.568. The van der Waals surface area contributed by atoms with Crippen molar-refractivity contribution in [2.75, 3.05) is 43.1 Å². The third-order valence-electron chi connectivity index (χ3n) is 5.40. The molecule has 2 aromatic carbocycles. The SMILES string of the molecule is CCc1ccccc1NC(=O)CNC(=O)c1cc(-c2ccccc2)c(N2CCOCC2)s1. The molecule has 6 nitrogen and oxygen atoms in total. The van der Waals surface area contributed by atoms with Crippen LogP contribution in [0.1, 0.15) is 22.2 Å². The molecule has 4 rings (SSSR count). The molecule has 0 radical (unpaired) electrons. The highest BCUT2D eigenvalue weighted by molar-refractivity contribution is 7.18. The first kappa shape index (κ1) is 22.0.